The van der Waals surface area contributed by atoms with Crippen LogP contribution < -0.4 is 4.68 Å². The van der Waals surface area contributed by atoms with Crippen molar-refractivity contribution < 1.29 is 17.9 Å². The summed E-state index contributed by atoms with van der Waals surface area (Å²) in [6, 6.07) is 1.15. The van der Waals surface area contributed by atoms with Gasteiger partial charge in [-0.1, -0.05) is 0 Å². The molecule has 6 heteroatoms. The summed E-state index contributed by atoms with van der Waals surface area (Å²) in [5.41, 5.74) is 0. The summed E-state index contributed by atoms with van der Waals surface area (Å²) in [7, 11) is 0. The summed E-state index contributed by atoms with van der Waals surface area (Å²) < 4.78 is 34.8. The Hall–Kier alpha value is -1.20. The third-order valence-electron chi connectivity index (χ3n) is 0.788. The van der Waals surface area contributed by atoms with Gasteiger partial charge in [0, 0.05) is 6.07 Å². The van der Waals surface area contributed by atoms with E-state index in [4.69, 9.17) is 0 Å². The van der Waals surface area contributed by atoms with Crippen molar-refractivity contribution in [2.45, 2.75) is 6.30 Å². The number of aromatic nitrogens is 3. The number of halogens is 3. The second kappa shape index (κ2) is 2.20. The molecule has 0 aromatic carbocycles. The van der Waals surface area contributed by atoms with Crippen LogP contribution in [0.3, 0.4) is 0 Å². The van der Waals surface area contributed by atoms with E-state index >= 15 is 0 Å². The average Bonchev–Trinajstić information content (AvgIpc) is 1.88. The maximum atomic E-state index is 11.6. The standard InChI is InChI=1S/C4H3F3N3/c5-4(6,7)10-3-1-2-8-9-10/h1-3H/q+1. The average molecular weight is 150 g/mol. The van der Waals surface area contributed by atoms with Gasteiger partial charge in [0.05, 0.1) is 5.10 Å². The van der Waals surface area contributed by atoms with E-state index in [2.05, 4.69) is 10.3 Å². The molecule has 0 radical (unpaired) electrons. The zero-order valence-electron chi connectivity index (χ0n) is 4.71. The van der Waals surface area contributed by atoms with Crippen molar-refractivity contribution in [1.82, 2.24) is 10.3 Å². The van der Waals surface area contributed by atoms with Gasteiger partial charge < -0.3 is 0 Å². The Morgan fingerprint density at radius 3 is 2.30 bits per heavy atom. The molecular weight excluding hydrogens is 147 g/mol. The van der Waals surface area contributed by atoms with Gasteiger partial charge in [0.2, 0.25) is 0 Å². The first-order valence-corrected chi connectivity index (χ1v) is 2.37. The van der Waals surface area contributed by atoms with Gasteiger partial charge in [-0.05, 0) is 4.68 Å². The van der Waals surface area contributed by atoms with Crippen molar-refractivity contribution in [3.63, 3.8) is 0 Å². The van der Waals surface area contributed by atoms with E-state index in [0.29, 0.717) is 0 Å². The molecule has 0 amide bonds. The highest BCUT2D eigenvalue weighted by atomic mass is 19.4. The smallest absolute Gasteiger partial charge is 0.127 e. The van der Waals surface area contributed by atoms with Gasteiger partial charge in [0.1, 0.15) is 11.4 Å². The monoisotopic (exact) mass is 150 g/mol. The number of alkyl halides is 3. The largest absolute Gasteiger partial charge is 0.587 e. The molecule has 1 aromatic heterocycles. The molecule has 0 aliphatic carbocycles. The molecule has 3 nitrogen and oxygen atoms in total. The molecule has 0 unspecified atom stereocenters. The third kappa shape index (κ3) is 1.40. The van der Waals surface area contributed by atoms with Crippen LogP contribution in [0.1, 0.15) is 0 Å². The van der Waals surface area contributed by atoms with Crippen molar-refractivity contribution in [2.24, 2.45) is 0 Å². The Bertz CT molecular complexity index is 207. The number of nitrogens with zero attached hydrogens (tertiary/aromatic N) is 3. The highest BCUT2D eigenvalue weighted by Crippen LogP contribution is 2.10. The van der Waals surface area contributed by atoms with Gasteiger partial charge in [-0.3, -0.25) is 0 Å². The molecule has 0 saturated carbocycles. The van der Waals surface area contributed by atoms with Gasteiger partial charge in [-0.2, -0.15) is 0 Å². The van der Waals surface area contributed by atoms with Crippen LogP contribution in [0.15, 0.2) is 18.5 Å². The number of hydrogen-bond acceptors (Lipinski definition) is 2. The van der Waals surface area contributed by atoms with Crippen LogP contribution in [0.25, 0.3) is 0 Å². The summed E-state index contributed by atoms with van der Waals surface area (Å²) in [5, 5.41) is 5.84. The maximum absolute atomic E-state index is 11.6. The van der Waals surface area contributed by atoms with Crippen molar-refractivity contribution in [2.75, 3.05) is 0 Å². The van der Waals surface area contributed by atoms with Crippen molar-refractivity contribution >= 4 is 0 Å². The van der Waals surface area contributed by atoms with E-state index in [9.17, 15) is 13.2 Å². The Labute approximate surface area is 54.1 Å². The second-order valence-corrected chi connectivity index (χ2v) is 1.51. The van der Waals surface area contributed by atoms with Gasteiger partial charge in [-0.15, -0.1) is 13.2 Å². The van der Waals surface area contributed by atoms with Gasteiger partial charge in [-0.25, -0.2) is 0 Å². The van der Waals surface area contributed by atoms with Crippen molar-refractivity contribution in [1.29, 1.82) is 0 Å². The topological polar surface area (TPSA) is 29.7 Å². The van der Waals surface area contributed by atoms with Crippen LogP contribution in [0, 0.1) is 0 Å². The van der Waals surface area contributed by atoms with Gasteiger partial charge in [0.15, 0.2) is 6.20 Å². The molecule has 1 rings (SSSR count). The number of rotatable bonds is 0. The molecule has 0 spiro atoms. The summed E-state index contributed by atoms with van der Waals surface area (Å²) >= 11 is 0. The van der Waals surface area contributed by atoms with E-state index in [1.165, 1.54) is 6.20 Å². The van der Waals surface area contributed by atoms with Crippen LogP contribution in [-0.2, 0) is 6.30 Å². The zero-order valence-corrected chi connectivity index (χ0v) is 4.71. The lowest BCUT2D eigenvalue weighted by Gasteiger charge is -1.96. The lowest BCUT2D eigenvalue weighted by molar-refractivity contribution is -0.899. The second-order valence-electron chi connectivity index (χ2n) is 1.51. The Morgan fingerprint density at radius 2 is 2.00 bits per heavy atom. The SMILES string of the molecule is FC(F)(F)[n+]1cccnn1. The van der Waals surface area contributed by atoms with Crippen LogP contribution in [0.2, 0.25) is 0 Å². The molecule has 0 aliphatic heterocycles. The van der Waals surface area contributed by atoms with Crippen molar-refractivity contribution in [3.05, 3.63) is 18.5 Å². The molecule has 1 aromatic rings. The highest BCUT2D eigenvalue weighted by Gasteiger charge is 2.38. The summed E-state index contributed by atoms with van der Waals surface area (Å²) in [4.78, 5) is 0. The Morgan fingerprint density at radius 1 is 1.30 bits per heavy atom. The molecule has 0 saturated heterocycles. The van der Waals surface area contributed by atoms with E-state index in [-0.39, 0.29) is 4.68 Å². The molecule has 0 N–H and O–H groups in total. The normalized spacial score (nSPS) is 11.5. The minimum Gasteiger partial charge on any atom is -0.127 e. The fourth-order valence-electron chi connectivity index (χ4n) is 0.409. The fraction of sp³-hybridized carbons (Fsp3) is 0.250. The summed E-state index contributed by atoms with van der Waals surface area (Å²) in [5.74, 6) is 0. The summed E-state index contributed by atoms with van der Waals surface area (Å²) in [6.07, 6.45) is -2.51. The van der Waals surface area contributed by atoms with Crippen LogP contribution >= 0.6 is 0 Å². The first kappa shape index (κ1) is 6.91. The third-order valence-corrected chi connectivity index (χ3v) is 0.788. The van der Waals surface area contributed by atoms with E-state index < -0.39 is 6.30 Å². The Kier molecular flexibility index (Phi) is 1.52. The first-order valence-electron chi connectivity index (χ1n) is 2.37. The molecule has 10 heavy (non-hydrogen) atoms. The van der Waals surface area contributed by atoms with E-state index in [0.717, 1.165) is 12.3 Å². The molecule has 0 aliphatic rings. The Balaban J connectivity index is 2.97. The first-order chi connectivity index (χ1) is 4.61. The molecule has 0 atom stereocenters. The summed E-state index contributed by atoms with van der Waals surface area (Å²) in [6.45, 7) is 0. The zero-order chi connectivity index (χ0) is 7.61. The van der Waals surface area contributed by atoms with Crippen LogP contribution in [0.4, 0.5) is 13.2 Å². The minimum absolute atomic E-state index is 0.174. The van der Waals surface area contributed by atoms with Crippen LogP contribution in [-0.4, -0.2) is 10.3 Å². The minimum atomic E-state index is -4.46. The predicted molar refractivity (Wildman–Crippen MR) is 23.5 cm³/mol. The quantitative estimate of drug-likeness (QED) is 0.496. The number of hydrogen-bond donors (Lipinski definition) is 0. The van der Waals surface area contributed by atoms with E-state index in [1.807, 2.05) is 0 Å². The molecule has 54 valence electrons. The maximum Gasteiger partial charge on any atom is 0.587 e. The fourth-order valence-corrected chi connectivity index (χ4v) is 0.409. The predicted octanol–water partition coefficient (Wildman–Crippen LogP) is 0.240. The van der Waals surface area contributed by atoms with E-state index in [1.54, 1.807) is 0 Å². The van der Waals surface area contributed by atoms with Gasteiger partial charge >= 0.3 is 6.30 Å². The van der Waals surface area contributed by atoms with Crippen LogP contribution in [0.5, 0.6) is 0 Å². The highest BCUT2D eigenvalue weighted by molar-refractivity contribution is 4.65. The molecule has 1 heterocycles. The molecule has 0 bridgehead atoms. The van der Waals surface area contributed by atoms with Gasteiger partial charge in [0.25, 0.3) is 0 Å². The van der Waals surface area contributed by atoms with Crippen molar-refractivity contribution in [3.8, 4) is 0 Å². The lowest BCUT2D eigenvalue weighted by Crippen LogP contribution is -2.50. The molecular formula is C4H3F3N3+. The lowest BCUT2D eigenvalue weighted by atomic mass is 10.7. The molecule has 0 fully saturated rings.